The molecule has 19 heteroatoms. The van der Waals surface area contributed by atoms with Gasteiger partial charge in [-0.25, -0.2) is 0 Å². The van der Waals surface area contributed by atoms with Crippen LogP contribution in [0.5, 0.6) is 34.5 Å². The summed E-state index contributed by atoms with van der Waals surface area (Å²) < 4.78 is 52.2. The second kappa shape index (κ2) is 26.0. The van der Waals surface area contributed by atoms with Crippen LogP contribution in [0.3, 0.4) is 0 Å². The largest absolute Gasteiger partial charge is 0.497 e. The Balaban J connectivity index is 0.987. The second-order valence-corrected chi connectivity index (χ2v) is 24.5. The van der Waals surface area contributed by atoms with Gasteiger partial charge in [0.25, 0.3) is 11.8 Å². The van der Waals surface area contributed by atoms with Crippen LogP contribution in [0.2, 0.25) is 19.1 Å². The Labute approximate surface area is 467 Å². The summed E-state index contributed by atoms with van der Waals surface area (Å²) in [6.45, 7) is 5.79. The molecule has 2 atom stereocenters. The molecular weight excluding hydrogens is 1040 g/mol. The van der Waals surface area contributed by atoms with E-state index in [0.717, 1.165) is 33.8 Å². The van der Waals surface area contributed by atoms with E-state index in [-0.39, 0.29) is 62.6 Å². The number of carbonyl (C=O) groups is 3. The predicted molar refractivity (Wildman–Crippen MR) is 308 cm³/mol. The van der Waals surface area contributed by atoms with Gasteiger partial charge in [-0.2, -0.15) is 0 Å². The van der Waals surface area contributed by atoms with E-state index in [4.69, 9.17) is 52.6 Å². The van der Waals surface area contributed by atoms with Crippen LogP contribution in [0, 0.1) is 0 Å². The second-order valence-electron chi connectivity index (χ2n) is 20.3. The molecule has 4 aliphatic heterocycles. The highest BCUT2D eigenvalue weighted by molar-refractivity contribution is 6.69. The molecule has 5 aromatic carbocycles. The lowest BCUT2D eigenvalue weighted by atomic mass is 10.0. The molecule has 0 bridgehead atoms. The van der Waals surface area contributed by atoms with E-state index in [1.807, 2.05) is 92.2 Å². The zero-order valence-corrected chi connectivity index (χ0v) is 47.4. The molecule has 3 amide bonds. The zero-order chi connectivity index (χ0) is 56.3. The summed E-state index contributed by atoms with van der Waals surface area (Å²) in [5.41, 5.74) is 7.57. The maximum Gasteiger partial charge on any atom is 0.260 e. The first-order valence-electron chi connectivity index (χ1n) is 26.7. The van der Waals surface area contributed by atoms with Gasteiger partial charge in [0, 0.05) is 75.6 Å². The third-order valence-electron chi connectivity index (χ3n) is 14.2. The van der Waals surface area contributed by atoms with Gasteiger partial charge in [0.15, 0.2) is 31.3 Å². The fraction of sp³-hybridized carbons (Fsp3) is 0.361. The van der Waals surface area contributed by atoms with Crippen molar-refractivity contribution in [3.05, 3.63) is 137 Å². The van der Waals surface area contributed by atoms with Crippen LogP contribution in [-0.2, 0) is 32.2 Å². The minimum Gasteiger partial charge on any atom is -0.497 e. The van der Waals surface area contributed by atoms with E-state index < -0.39 is 8.32 Å². The molecule has 0 radical (unpaired) electrons. The lowest BCUT2D eigenvalue weighted by molar-refractivity contribution is -0.118. The molecular formula is C61H69N5O13Si. The molecule has 80 heavy (non-hydrogen) atoms. The first-order valence-corrected chi connectivity index (χ1v) is 29.9. The van der Waals surface area contributed by atoms with E-state index in [2.05, 4.69) is 0 Å². The molecule has 1 N–H and O–H groups in total. The molecule has 18 nitrogen and oxygen atoms in total. The van der Waals surface area contributed by atoms with Crippen LogP contribution < -0.4 is 33.3 Å². The molecule has 0 aliphatic carbocycles. The lowest BCUT2D eigenvalue weighted by Gasteiger charge is -2.25. The molecule has 9 rings (SSSR count). The van der Waals surface area contributed by atoms with Crippen molar-refractivity contribution in [2.24, 2.45) is 9.98 Å². The van der Waals surface area contributed by atoms with Gasteiger partial charge in [-0.1, -0.05) is 24.3 Å². The number of nitrogens with zero attached hydrogens (tertiary/aromatic N) is 5. The standard InChI is InChI=1S/C61H69N5O13Si/c1-71-20-21-77-23-22-76-19-18-64(59(67)9-8-24-80(6,7)70)46-26-40(38-78-57-32-53-51(30-55(57)74-4)60(68)65-36-44(28-47(65)34-62-53)42-10-14-49(72-2)15-11-42)25-41(27-46)39-79-58-33-54-52(31-56(58)75-5)61(69)66-37-45(29-48(66)35-63-54)43-12-16-50(73-3)17-13-43/h10-17,25-27,30-37,47-48,70H,8-9,18-24,28-29,38-39H2,1-7H3/t47-,48-/m0/s1. The SMILES string of the molecule is COCCOCCOCCN(C(=O)CCC[Si](C)(C)O)c1cc(COc2cc3c(cc2OC)C(=O)N2C=C(c4ccc(OC)cc4)C[C@H]2C=N3)cc(COc2cc3c(cc2OC)C(=O)N2C=C(c4ccc(OC)cc4)C[C@H]2C=N3)c1. The van der Waals surface area contributed by atoms with Gasteiger partial charge in [-0.15, -0.1) is 0 Å². The number of fused-ring (bicyclic) bond motifs is 4. The number of methoxy groups -OCH3 is 5. The van der Waals surface area contributed by atoms with Gasteiger partial charge in [-0.3, -0.25) is 24.4 Å². The quantitative estimate of drug-likeness (QED) is 0.0407. The monoisotopic (exact) mass is 1110 g/mol. The van der Waals surface area contributed by atoms with E-state index in [0.29, 0.717) is 114 Å². The van der Waals surface area contributed by atoms with Crippen LogP contribution in [0.15, 0.2) is 113 Å². The van der Waals surface area contributed by atoms with Crippen molar-refractivity contribution in [3.63, 3.8) is 0 Å². The van der Waals surface area contributed by atoms with Gasteiger partial charge in [0.2, 0.25) is 5.91 Å². The molecule has 4 aliphatic rings. The molecule has 5 aromatic rings. The van der Waals surface area contributed by atoms with E-state index in [9.17, 15) is 19.2 Å². The van der Waals surface area contributed by atoms with Gasteiger partial charge in [-0.05, 0) is 114 Å². The van der Waals surface area contributed by atoms with Gasteiger partial charge in [0.1, 0.15) is 24.7 Å². The average Bonchev–Trinajstić information content (AvgIpc) is 4.10. The lowest BCUT2D eigenvalue weighted by Crippen LogP contribution is -2.35. The third-order valence-corrected chi connectivity index (χ3v) is 15.8. The van der Waals surface area contributed by atoms with Crippen LogP contribution in [-0.4, -0.2) is 140 Å². The Morgan fingerprint density at radius 2 is 1.09 bits per heavy atom. The Morgan fingerprint density at radius 1 is 0.613 bits per heavy atom. The van der Waals surface area contributed by atoms with Gasteiger partial charge in [0.05, 0.1) is 96.1 Å². The zero-order valence-electron chi connectivity index (χ0n) is 46.4. The van der Waals surface area contributed by atoms with Crippen LogP contribution in [0.25, 0.3) is 11.1 Å². The number of hydrogen-bond donors (Lipinski definition) is 1. The summed E-state index contributed by atoms with van der Waals surface area (Å²) in [6, 6.07) is 27.9. The van der Waals surface area contributed by atoms with Crippen molar-refractivity contribution in [3.8, 4) is 34.5 Å². The smallest absolute Gasteiger partial charge is 0.260 e. The highest BCUT2D eigenvalue weighted by Crippen LogP contribution is 2.43. The van der Waals surface area contributed by atoms with E-state index in [1.54, 1.807) is 72.7 Å². The van der Waals surface area contributed by atoms with E-state index >= 15 is 0 Å². The number of hydrogen-bond acceptors (Lipinski definition) is 15. The average molecular weight is 1110 g/mol. The third kappa shape index (κ3) is 13.6. The molecule has 0 fully saturated rings. The number of ether oxygens (including phenoxy) is 9. The molecule has 0 unspecified atom stereocenters. The number of aliphatic imine (C=N–C) groups is 2. The van der Waals surface area contributed by atoms with Crippen molar-refractivity contribution >= 4 is 66.7 Å². The van der Waals surface area contributed by atoms with Crippen molar-refractivity contribution in [1.29, 1.82) is 0 Å². The fourth-order valence-corrected chi connectivity index (χ4v) is 11.0. The summed E-state index contributed by atoms with van der Waals surface area (Å²) in [6.07, 6.45) is 9.24. The minimum atomic E-state index is -2.43. The molecule has 0 spiro atoms. The first-order chi connectivity index (χ1) is 38.8. The summed E-state index contributed by atoms with van der Waals surface area (Å²) in [7, 11) is 5.47. The van der Waals surface area contributed by atoms with Crippen molar-refractivity contribution in [2.75, 3.05) is 80.0 Å². The molecule has 0 aromatic heterocycles. The highest BCUT2D eigenvalue weighted by atomic mass is 28.4. The molecule has 420 valence electrons. The van der Waals surface area contributed by atoms with E-state index in [1.165, 1.54) is 14.2 Å². The molecule has 4 heterocycles. The summed E-state index contributed by atoms with van der Waals surface area (Å²) in [4.78, 5) is 68.2. The maximum atomic E-state index is 14.3. The number of rotatable bonds is 26. The van der Waals surface area contributed by atoms with Gasteiger partial charge >= 0.3 is 0 Å². The normalized spacial score (nSPS) is 16.2. The first kappa shape index (κ1) is 56.9. The summed E-state index contributed by atoms with van der Waals surface area (Å²) >= 11 is 0. The Kier molecular flexibility index (Phi) is 18.5. The van der Waals surface area contributed by atoms with Crippen LogP contribution in [0.1, 0.15) is 68.7 Å². The Hall–Kier alpha value is -7.81. The van der Waals surface area contributed by atoms with Crippen LogP contribution >= 0.6 is 0 Å². The molecule has 0 saturated heterocycles. The van der Waals surface area contributed by atoms with Crippen molar-refractivity contribution < 1.29 is 61.8 Å². The number of anilines is 1. The number of amides is 3. The highest BCUT2D eigenvalue weighted by Gasteiger charge is 2.35. The molecule has 0 saturated carbocycles. The predicted octanol–water partition coefficient (Wildman–Crippen LogP) is 9.81. The Bertz CT molecular complexity index is 2990. The topological polar surface area (TPSA) is 189 Å². The number of benzene rings is 5. The van der Waals surface area contributed by atoms with Crippen molar-refractivity contribution in [2.45, 2.75) is 70.1 Å². The van der Waals surface area contributed by atoms with Gasteiger partial charge < -0.3 is 62.1 Å². The maximum absolute atomic E-state index is 14.3. The summed E-state index contributed by atoms with van der Waals surface area (Å²) in [5, 5.41) is 0. The van der Waals surface area contributed by atoms with Crippen molar-refractivity contribution in [1.82, 2.24) is 9.80 Å². The Morgan fingerprint density at radius 3 is 1.54 bits per heavy atom. The minimum absolute atomic E-state index is 0.0171. The number of carbonyl (C=O) groups excluding carboxylic acids is 3. The van der Waals surface area contributed by atoms with Crippen LogP contribution in [0.4, 0.5) is 17.1 Å². The summed E-state index contributed by atoms with van der Waals surface area (Å²) in [5.74, 6) is 2.32. The fourth-order valence-electron chi connectivity index (χ4n) is 9.97.